The summed E-state index contributed by atoms with van der Waals surface area (Å²) in [6.07, 6.45) is 1.66. The summed E-state index contributed by atoms with van der Waals surface area (Å²) >= 11 is 3.33. The van der Waals surface area contributed by atoms with Crippen LogP contribution in [0.25, 0.3) is 0 Å². The van der Waals surface area contributed by atoms with Crippen LogP contribution in [-0.2, 0) is 0 Å². The number of rotatable bonds is 4. The number of benzene rings is 1. The van der Waals surface area contributed by atoms with Gasteiger partial charge in [-0.05, 0) is 40.5 Å². The van der Waals surface area contributed by atoms with Crippen LogP contribution >= 0.6 is 15.9 Å². The summed E-state index contributed by atoms with van der Waals surface area (Å²) in [5, 5.41) is 3.18. The number of nitrogens with one attached hydrogen (secondary N) is 1. The van der Waals surface area contributed by atoms with Gasteiger partial charge in [0.25, 0.3) is 0 Å². The molecule has 1 aromatic carbocycles. The molecule has 106 valence electrons. The van der Waals surface area contributed by atoms with Gasteiger partial charge < -0.3 is 15.0 Å². The molecule has 0 aliphatic rings. The van der Waals surface area contributed by atoms with E-state index in [4.69, 9.17) is 4.74 Å². The Bertz CT molecular complexity index is 616. The van der Waals surface area contributed by atoms with Crippen molar-refractivity contribution in [1.82, 2.24) is 9.97 Å². The van der Waals surface area contributed by atoms with E-state index in [0.29, 0.717) is 11.8 Å². The molecule has 0 spiro atoms. The van der Waals surface area contributed by atoms with E-state index in [1.54, 1.807) is 13.3 Å². The van der Waals surface area contributed by atoms with Crippen molar-refractivity contribution in [3.63, 3.8) is 0 Å². The van der Waals surface area contributed by atoms with Crippen molar-refractivity contribution in [3.8, 4) is 5.88 Å². The molecular formula is C14H17BrN4O. The molecule has 0 saturated heterocycles. The third-order valence-corrected chi connectivity index (χ3v) is 3.40. The average molecular weight is 337 g/mol. The predicted octanol–water partition coefficient (Wildman–Crippen LogP) is 3.37. The Morgan fingerprint density at radius 2 is 2.05 bits per heavy atom. The number of anilines is 3. The molecule has 5 nitrogen and oxygen atoms in total. The minimum atomic E-state index is 0.499. The first-order chi connectivity index (χ1) is 9.51. The maximum atomic E-state index is 5.16. The molecule has 0 atom stereocenters. The second-order valence-corrected chi connectivity index (χ2v) is 5.43. The van der Waals surface area contributed by atoms with Crippen molar-refractivity contribution >= 4 is 33.3 Å². The van der Waals surface area contributed by atoms with E-state index in [1.165, 1.54) is 5.56 Å². The molecule has 20 heavy (non-hydrogen) atoms. The summed E-state index contributed by atoms with van der Waals surface area (Å²) in [6.45, 7) is 2.08. The molecule has 0 radical (unpaired) electrons. The molecule has 1 aromatic heterocycles. The normalized spacial score (nSPS) is 10.2. The number of halogens is 1. The van der Waals surface area contributed by atoms with Crippen molar-refractivity contribution in [2.24, 2.45) is 0 Å². The van der Waals surface area contributed by atoms with Crippen LogP contribution in [0.3, 0.4) is 0 Å². The molecule has 0 unspecified atom stereocenters. The second-order valence-electron chi connectivity index (χ2n) is 4.57. The summed E-state index contributed by atoms with van der Waals surface area (Å²) in [5.41, 5.74) is 3.30. The van der Waals surface area contributed by atoms with E-state index in [9.17, 15) is 0 Å². The third-order valence-electron chi connectivity index (χ3n) is 2.85. The Morgan fingerprint density at radius 1 is 1.30 bits per heavy atom. The molecule has 0 amide bonds. The van der Waals surface area contributed by atoms with E-state index >= 15 is 0 Å². The Balaban J connectivity index is 2.28. The van der Waals surface area contributed by atoms with E-state index in [-0.39, 0.29) is 0 Å². The fourth-order valence-electron chi connectivity index (χ4n) is 1.85. The molecule has 1 N–H and O–H groups in total. The van der Waals surface area contributed by atoms with E-state index in [2.05, 4.69) is 55.2 Å². The fraction of sp³-hybridized carbons (Fsp3) is 0.286. The topological polar surface area (TPSA) is 50.3 Å². The van der Waals surface area contributed by atoms with E-state index in [0.717, 1.165) is 15.8 Å². The van der Waals surface area contributed by atoms with Crippen LogP contribution in [0, 0.1) is 6.92 Å². The Labute approximate surface area is 127 Å². The Hall–Kier alpha value is -1.82. The van der Waals surface area contributed by atoms with Gasteiger partial charge in [-0.3, -0.25) is 0 Å². The highest BCUT2D eigenvalue weighted by molar-refractivity contribution is 9.10. The fourth-order valence-corrected chi connectivity index (χ4v) is 2.21. The lowest BCUT2D eigenvalue weighted by Crippen LogP contribution is -2.10. The number of hydrogen-bond acceptors (Lipinski definition) is 5. The number of methoxy groups -OCH3 is 1. The Kier molecular flexibility index (Phi) is 4.44. The first kappa shape index (κ1) is 14.6. The number of nitrogens with zero attached hydrogens (tertiary/aromatic N) is 3. The molecule has 2 rings (SSSR count). The maximum absolute atomic E-state index is 5.16. The van der Waals surface area contributed by atoms with Gasteiger partial charge in [-0.2, -0.15) is 4.98 Å². The van der Waals surface area contributed by atoms with E-state index < -0.39 is 0 Å². The molecule has 0 fully saturated rings. The predicted molar refractivity (Wildman–Crippen MR) is 85.1 cm³/mol. The monoisotopic (exact) mass is 336 g/mol. The van der Waals surface area contributed by atoms with Crippen molar-refractivity contribution < 1.29 is 4.74 Å². The SMILES string of the molecule is COc1nc(Nc2ccc(C)c(N(C)C)c2)ncc1Br. The number of hydrogen-bond donors (Lipinski definition) is 1. The minimum absolute atomic E-state index is 0.499. The standard InChI is InChI=1S/C14H17BrN4O/c1-9-5-6-10(7-12(9)19(2)3)17-14-16-8-11(15)13(18-14)20-4/h5-8H,1-4H3,(H,16,17,18). The van der Waals surface area contributed by atoms with Crippen LogP contribution in [-0.4, -0.2) is 31.2 Å². The molecule has 0 bridgehead atoms. The molecular weight excluding hydrogens is 320 g/mol. The van der Waals surface area contributed by atoms with Gasteiger partial charge in [0.05, 0.1) is 17.8 Å². The first-order valence-corrected chi connectivity index (χ1v) is 6.92. The lowest BCUT2D eigenvalue weighted by molar-refractivity contribution is 0.394. The zero-order valence-corrected chi connectivity index (χ0v) is 13.5. The number of aryl methyl sites for hydroxylation is 1. The molecule has 2 aromatic rings. The third kappa shape index (κ3) is 3.19. The van der Waals surface area contributed by atoms with Gasteiger partial charge in [0, 0.05) is 25.5 Å². The Morgan fingerprint density at radius 3 is 2.70 bits per heavy atom. The summed E-state index contributed by atoms with van der Waals surface area (Å²) in [7, 11) is 5.61. The molecule has 0 saturated carbocycles. The van der Waals surface area contributed by atoms with Crippen molar-refractivity contribution in [3.05, 3.63) is 34.4 Å². The number of ether oxygens (including phenoxy) is 1. The number of aromatic nitrogens is 2. The van der Waals surface area contributed by atoms with Crippen LogP contribution in [0.1, 0.15) is 5.56 Å². The maximum Gasteiger partial charge on any atom is 0.232 e. The van der Waals surface area contributed by atoms with Gasteiger partial charge in [0.1, 0.15) is 0 Å². The van der Waals surface area contributed by atoms with Crippen LogP contribution in [0.2, 0.25) is 0 Å². The zero-order chi connectivity index (χ0) is 14.7. The van der Waals surface area contributed by atoms with Crippen LogP contribution in [0.4, 0.5) is 17.3 Å². The quantitative estimate of drug-likeness (QED) is 0.927. The highest BCUT2D eigenvalue weighted by Gasteiger charge is 2.07. The summed E-state index contributed by atoms with van der Waals surface area (Å²) in [5.74, 6) is 1.00. The van der Waals surface area contributed by atoms with Crippen molar-refractivity contribution in [1.29, 1.82) is 0 Å². The smallest absolute Gasteiger partial charge is 0.232 e. The van der Waals surface area contributed by atoms with Crippen molar-refractivity contribution in [2.75, 3.05) is 31.4 Å². The molecule has 0 aliphatic carbocycles. The first-order valence-electron chi connectivity index (χ1n) is 6.13. The second kappa shape index (κ2) is 6.09. The van der Waals surface area contributed by atoms with Gasteiger partial charge in [-0.25, -0.2) is 4.98 Å². The van der Waals surface area contributed by atoms with Crippen LogP contribution in [0.15, 0.2) is 28.9 Å². The van der Waals surface area contributed by atoms with Gasteiger partial charge in [0.2, 0.25) is 11.8 Å². The van der Waals surface area contributed by atoms with Crippen LogP contribution in [0.5, 0.6) is 5.88 Å². The van der Waals surface area contributed by atoms with Gasteiger partial charge in [-0.1, -0.05) is 6.07 Å². The van der Waals surface area contributed by atoms with Crippen LogP contribution < -0.4 is 15.0 Å². The lowest BCUT2D eigenvalue weighted by atomic mass is 10.1. The zero-order valence-electron chi connectivity index (χ0n) is 11.9. The largest absolute Gasteiger partial charge is 0.480 e. The highest BCUT2D eigenvalue weighted by Crippen LogP contribution is 2.26. The van der Waals surface area contributed by atoms with Gasteiger partial charge in [-0.15, -0.1) is 0 Å². The summed E-state index contributed by atoms with van der Waals surface area (Å²) in [6, 6.07) is 6.13. The summed E-state index contributed by atoms with van der Waals surface area (Å²) < 4.78 is 5.88. The van der Waals surface area contributed by atoms with E-state index in [1.807, 2.05) is 20.2 Å². The summed E-state index contributed by atoms with van der Waals surface area (Å²) in [4.78, 5) is 10.6. The highest BCUT2D eigenvalue weighted by atomic mass is 79.9. The average Bonchev–Trinajstić information content (AvgIpc) is 2.42. The lowest BCUT2D eigenvalue weighted by Gasteiger charge is -2.17. The van der Waals surface area contributed by atoms with Gasteiger partial charge in [0.15, 0.2) is 0 Å². The van der Waals surface area contributed by atoms with Crippen molar-refractivity contribution in [2.45, 2.75) is 6.92 Å². The molecule has 0 aliphatic heterocycles. The molecule has 6 heteroatoms. The molecule has 1 heterocycles. The minimum Gasteiger partial charge on any atom is -0.480 e. The van der Waals surface area contributed by atoms with Gasteiger partial charge >= 0.3 is 0 Å².